The van der Waals surface area contributed by atoms with E-state index in [4.69, 9.17) is 5.26 Å². The van der Waals surface area contributed by atoms with Crippen LogP contribution in [0.3, 0.4) is 0 Å². The standard InChI is InChI=1S/C16H16F2N2OS/c1-2-3-4-5-12-10-20-15(22-12)13-8-11(9-19)6-7-14(13)21-16(17)18/h6-8,10,16H,2-5H2,1H3. The molecule has 0 amide bonds. The van der Waals surface area contributed by atoms with Crippen LogP contribution in [0, 0.1) is 11.3 Å². The van der Waals surface area contributed by atoms with E-state index in [1.165, 1.54) is 29.5 Å². The van der Waals surface area contributed by atoms with Crippen molar-refractivity contribution in [2.75, 3.05) is 0 Å². The number of unbranched alkanes of at least 4 members (excludes halogenated alkanes) is 2. The summed E-state index contributed by atoms with van der Waals surface area (Å²) in [4.78, 5) is 5.40. The van der Waals surface area contributed by atoms with Crippen LogP contribution < -0.4 is 4.74 Å². The molecular weight excluding hydrogens is 306 g/mol. The van der Waals surface area contributed by atoms with E-state index in [-0.39, 0.29) is 5.75 Å². The summed E-state index contributed by atoms with van der Waals surface area (Å²) in [6.07, 6.45) is 6.06. The number of aryl methyl sites for hydroxylation is 1. The molecule has 6 heteroatoms. The van der Waals surface area contributed by atoms with Crippen molar-refractivity contribution in [1.29, 1.82) is 5.26 Å². The van der Waals surface area contributed by atoms with Gasteiger partial charge in [0.1, 0.15) is 10.8 Å². The van der Waals surface area contributed by atoms with Gasteiger partial charge in [-0.1, -0.05) is 19.8 Å². The molecule has 0 saturated carbocycles. The second-order valence-corrected chi connectivity index (χ2v) is 5.91. The van der Waals surface area contributed by atoms with E-state index in [0.717, 1.165) is 30.6 Å². The van der Waals surface area contributed by atoms with Crippen LogP contribution in [0.5, 0.6) is 5.75 Å². The van der Waals surface area contributed by atoms with Gasteiger partial charge in [-0.2, -0.15) is 14.0 Å². The summed E-state index contributed by atoms with van der Waals surface area (Å²) in [5, 5.41) is 9.57. The Morgan fingerprint density at radius 3 is 2.86 bits per heavy atom. The second kappa shape index (κ2) is 7.85. The number of aromatic nitrogens is 1. The summed E-state index contributed by atoms with van der Waals surface area (Å²) >= 11 is 1.45. The maximum Gasteiger partial charge on any atom is 0.387 e. The molecule has 0 atom stereocenters. The zero-order valence-electron chi connectivity index (χ0n) is 12.2. The Kier molecular flexibility index (Phi) is 5.84. The lowest BCUT2D eigenvalue weighted by molar-refractivity contribution is -0.0494. The quantitative estimate of drug-likeness (QED) is 0.673. The molecule has 0 spiro atoms. The first kappa shape index (κ1) is 16.4. The minimum Gasteiger partial charge on any atom is -0.434 e. The van der Waals surface area contributed by atoms with Gasteiger partial charge in [0.05, 0.1) is 17.2 Å². The summed E-state index contributed by atoms with van der Waals surface area (Å²) in [7, 11) is 0. The first-order valence-corrected chi connectivity index (χ1v) is 7.89. The highest BCUT2D eigenvalue weighted by molar-refractivity contribution is 7.15. The average molecular weight is 322 g/mol. The lowest BCUT2D eigenvalue weighted by Gasteiger charge is -2.09. The largest absolute Gasteiger partial charge is 0.434 e. The van der Waals surface area contributed by atoms with Crippen LogP contribution in [0.15, 0.2) is 24.4 Å². The predicted molar refractivity (Wildman–Crippen MR) is 82.1 cm³/mol. The molecule has 0 aliphatic carbocycles. The third-order valence-corrected chi connectivity index (χ3v) is 4.23. The van der Waals surface area contributed by atoms with E-state index in [9.17, 15) is 8.78 Å². The van der Waals surface area contributed by atoms with Gasteiger partial charge in [-0.05, 0) is 31.0 Å². The monoisotopic (exact) mass is 322 g/mol. The first-order chi connectivity index (χ1) is 10.6. The highest BCUT2D eigenvalue weighted by atomic mass is 32.1. The predicted octanol–water partition coefficient (Wildman–Crippen LogP) is 5.02. The summed E-state index contributed by atoms with van der Waals surface area (Å²) in [6.45, 7) is -0.768. The molecule has 0 N–H and O–H groups in total. The molecule has 2 rings (SSSR count). The normalized spacial score (nSPS) is 10.7. The molecule has 0 fully saturated rings. The minimum atomic E-state index is -2.91. The van der Waals surface area contributed by atoms with Crippen LogP contribution in [-0.4, -0.2) is 11.6 Å². The molecule has 0 aliphatic rings. The molecule has 116 valence electrons. The number of alkyl halides is 2. The molecule has 0 bridgehead atoms. The second-order valence-electron chi connectivity index (χ2n) is 4.79. The van der Waals surface area contributed by atoms with Crippen LogP contribution in [0.1, 0.15) is 36.6 Å². The Morgan fingerprint density at radius 2 is 2.18 bits per heavy atom. The molecule has 2 aromatic rings. The number of rotatable bonds is 7. The topological polar surface area (TPSA) is 45.9 Å². The SMILES string of the molecule is CCCCCc1cnc(-c2cc(C#N)ccc2OC(F)F)s1. The van der Waals surface area contributed by atoms with Crippen molar-refractivity contribution in [2.45, 2.75) is 39.2 Å². The zero-order chi connectivity index (χ0) is 15.9. The number of hydrogen-bond acceptors (Lipinski definition) is 4. The summed E-state index contributed by atoms with van der Waals surface area (Å²) in [5.74, 6) is 0.0449. The zero-order valence-corrected chi connectivity index (χ0v) is 13.0. The number of benzene rings is 1. The van der Waals surface area contributed by atoms with Gasteiger partial charge >= 0.3 is 6.61 Å². The van der Waals surface area contributed by atoms with Crippen LogP contribution in [0.2, 0.25) is 0 Å². The number of hydrogen-bond donors (Lipinski definition) is 0. The lowest BCUT2D eigenvalue weighted by atomic mass is 10.1. The fourth-order valence-corrected chi connectivity index (χ4v) is 3.04. The van der Waals surface area contributed by atoms with Gasteiger partial charge in [0, 0.05) is 11.1 Å². The molecule has 22 heavy (non-hydrogen) atoms. The van der Waals surface area contributed by atoms with Crippen molar-refractivity contribution in [3.05, 3.63) is 34.8 Å². The van der Waals surface area contributed by atoms with Crippen molar-refractivity contribution < 1.29 is 13.5 Å². The highest BCUT2D eigenvalue weighted by Gasteiger charge is 2.15. The van der Waals surface area contributed by atoms with Crippen molar-refractivity contribution in [1.82, 2.24) is 4.98 Å². The number of ether oxygens (including phenoxy) is 1. The molecule has 0 saturated heterocycles. The van der Waals surface area contributed by atoms with Crippen LogP contribution >= 0.6 is 11.3 Å². The lowest BCUT2D eigenvalue weighted by Crippen LogP contribution is -2.03. The van der Waals surface area contributed by atoms with Crippen molar-refractivity contribution in [2.24, 2.45) is 0 Å². The average Bonchev–Trinajstić information content (AvgIpc) is 2.96. The molecule has 1 heterocycles. The van der Waals surface area contributed by atoms with Gasteiger partial charge in [0.15, 0.2) is 0 Å². The molecule has 3 nitrogen and oxygen atoms in total. The van der Waals surface area contributed by atoms with E-state index in [1.807, 2.05) is 6.07 Å². The number of nitriles is 1. The fourth-order valence-electron chi connectivity index (χ4n) is 2.06. The molecular formula is C16H16F2N2OS. The van der Waals surface area contributed by atoms with Crippen LogP contribution in [0.4, 0.5) is 8.78 Å². The third kappa shape index (κ3) is 4.25. The Bertz CT molecular complexity index is 664. The summed E-state index contributed by atoms with van der Waals surface area (Å²) in [6, 6.07) is 6.38. The highest BCUT2D eigenvalue weighted by Crippen LogP contribution is 2.35. The van der Waals surface area contributed by atoms with E-state index >= 15 is 0 Å². The summed E-state index contributed by atoms with van der Waals surface area (Å²) in [5.41, 5.74) is 0.824. The van der Waals surface area contributed by atoms with E-state index in [1.54, 1.807) is 6.20 Å². The molecule has 1 aromatic heterocycles. The number of thiazole rings is 1. The van der Waals surface area contributed by atoms with Gasteiger partial charge in [-0.15, -0.1) is 11.3 Å². The van der Waals surface area contributed by atoms with Crippen LogP contribution in [-0.2, 0) is 6.42 Å². The maximum absolute atomic E-state index is 12.5. The minimum absolute atomic E-state index is 0.0449. The molecule has 1 aromatic carbocycles. The van der Waals surface area contributed by atoms with Crippen molar-refractivity contribution in [3.63, 3.8) is 0 Å². The van der Waals surface area contributed by atoms with Gasteiger partial charge in [-0.3, -0.25) is 0 Å². The van der Waals surface area contributed by atoms with E-state index < -0.39 is 6.61 Å². The molecule has 0 radical (unpaired) electrons. The number of nitrogens with zero attached hydrogens (tertiary/aromatic N) is 2. The van der Waals surface area contributed by atoms with Gasteiger partial charge in [0.2, 0.25) is 0 Å². The smallest absolute Gasteiger partial charge is 0.387 e. The Labute approximate surface area is 132 Å². The van der Waals surface area contributed by atoms with Gasteiger partial charge in [0.25, 0.3) is 0 Å². The summed E-state index contributed by atoms with van der Waals surface area (Å²) < 4.78 is 29.5. The van der Waals surface area contributed by atoms with Crippen molar-refractivity contribution in [3.8, 4) is 22.4 Å². The molecule has 0 aliphatic heterocycles. The first-order valence-electron chi connectivity index (χ1n) is 7.08. The maximum atomic E-state index is 12.5. The fraction of sp³-hybridized carbons (Fsp3) is 0.375. The van der Waals surface area contributed by atoms with Crippen LogP contribution in [0.25, 0.3) is 10.6 Å². The Hall–Kier alpha value is -2.00. The third-order valence-electron chi connectivity index (χ3n) is 3.14. The van der Waals surface area contributed by atoms with E-state index in [2.05, 4.69) is 16.6 Å². The molecule has 0 unspecified atom stereocenters. The Morgan fingerprint density at radius 1 is 1.36 bits per heavy atom. The van der Waals surface area contributed by atoms with Crippen molar-refractivity contribution >= 4 is 11.3 Å². The van der Waals surface area contributed by atoms with Gasteiger partial charge < -0.3 is 4.74 Å². The number of halogens is 2. The van der Waals surface area contributed by atoms with Gasteiger partial charge in [-0.25, -0.2) is 4.98 Å². The Balaban J connectivity index is 2.28. The van der Waals surface area contributed by atoms with E-state index in [0.29, 0.717) is 16.1 Å².